The normalized spacial score (nSPS) is 12.0. The van der Waals surface area contributed by atoms with E-state index in [1.165, 1.54) is 27.2 Å². The second-order valence-corrected chi connectivity index (χ2v) is 7.85. The number of hydrogen-bond acceptors (Lipinski definition) is 6. The first-order chi connectivity index (χ1) is 13.2. The van der Waals surface area contributed by atoms with E-state index in [9.17, 15) is 13.2 Å². The molecule has 2 aromatic rings. The van der Waals surface area contributed by atoms with Crippen molar-refractivity contribution in [2.75, 3.05) is 37.2 Å². The summed E-state index contributed by atoms with van der Waals surface area (Å²) in [6, 6.07) is 10.4. The van der Waals surface area contributed by atoms with Crippen LogP contribution in [0.25, 0.3) is 0 Å². The molecule has 0 radical (unpaired) electrons. The topological polar surface area (TPSA) is 94.2 Å². The van der Waals surface area contributed by atoms with Crippen LogP contribution < -0.4 is 23.8 Å². The van der Waals surface area contributed by atoms with Gasteiger partial charge in [0.15, 0.2) is 0 Å². The molecule has 1 atom stereocenters. The number of amides is 1. The van der Waals surface area contributed by atoms with Gasteiger partial charge in [-0.15, -0.1) is 0 Å². The number of nitrogens with one attached hydrogen (secondary N) is 1. The van der Waals surface area contributed by atoms with Gasteiger partial charge in [0, 0.05) is 11.8 Å². The maximum atomic E-state index is 12.8. The fourth-order valence-electron chi connectivity index (χ4n) is 2.67. The summed E-state index contributed by atoms with van der Waals surface area (Å²) in [5, 5.41) is 2.71. The van der Waals surface area contributed by atoms with E-state index in [2.05, 4.69) is 5.32 Å². The lowest BCUT2D eigenvalue weighted by molar-refractivity contribution is -0.116. The average Bonchev–Trinajstić information content (AvgIpc) is 2.67. The largest absolute Gasteiger partial charge is 0.497 e. The molecule has 1 N–H and O–H groups in total. The minimum Gasteiger partial charge on any atom is -0.497 e. The highest BCUT2D eigenvalue weighted by Gasteiger charge is 2.31. The van der Waals surface area contributed by atoms with E-state index in [1.54, 1.807) is 43.5 Å². The highest BCUT2D eigenvalue weighted by Crippen LogP contribution is 2.35. The maximum absolute atomic E-state index is 12.8. The molecule has 0 aliphatic rings. The van der Waals surface area contributed by atoms with Gasteiger partial charge < -0.3 is 19.5 Å². The zero-order valence-corrected chi connectivity index (χ0v) is 17.2. The van der Waals surface area contributed by atoms with Gasteiger partial charge in [0.25, 0.3) is 0 Å². The Morgan fingerprint density at radius 3 is 2.04 bits per heavy atom. The first-order valence-electron chi connectivity index (χ1n) is 8.37. The lowest BCUT2D eigenvalue weighted by atomic mass is 10.2. The Bertz CT molecular complexity index is 928. The third kappa shape index (κ3) is 4.86. The Labute approximate surface area is 165 Å². The van der Waals surface area contributed by atoms with E-state index in [4.69, 9.17) is 14.2 Å². The molecule has 0 fully saturated rings. The Kier molecular flexibility index (Phi) is 6.74. The van der Waals surface area contributed by atoms with Crippen molar-refractivity contribution in [2.24, 2.45) is 0 Å². The average molecular weight is 408 g/mol. The van der Waals surface area contributed by atoms with Crippen LogP contribution in [-0.2, 0) is 14.8 Å². The van der Waals surface area contributed by atoms with Gasteiger partial charge in [-0.3, -0.25) is 9.10 Å². The Morgan fingerprint density at radius 1 is 0.964 bits per heavy atom. The molecule has 0 saturated heterocycles. The first-order valence-corrected chi connectivity index (χ1v) is 10.2. The molecular weight excluding hydrogens is 384 g/mol. The number of sulfonamides is 1. The molecule has 0 unspecified atom stereocenters. The van der Waals surface area contributed by atoms with Crippen LogP contribution >= 0.6 is 0 Å². The van der Waals surface area contributed by atoms with Crippen LogP contribution in [0.2, 0.25) is 0 Å². The molecule has 0 aliphatic carbocycles. The van der Waals surface area contributed by atoms with Crippen molar-refractivity contribution >= 4 is 27.3 Å². The molecule has 0 spiro atoms. The van der Waals surface area contributed by atoms with Crippen molar-refractivity contribution in [3.05, 3.63) is 42.5 Å². The van der Waals surface area contributed by atoms with Gasteiger partial charge in [-0.1, -0.05) is 0 Å². The summed E-state index contributed by atoms with van der Waals surface area (Å²) < 4.78 is 41.6. The Morgan fingerprint density at radius 2 is 1.54 bits per heavy atom. The number of methoxy groups -OCH3 is 3. The van der Waals surface area contributed by atoms with E-state index in [1.807, 2.05) is 0 Å². The van der Waals surface area contributed by atoms with E-state index in [0.717, 1.165) is 10.6 Å². The zero-order chi connectivity index (χ0) is 20.9. The standard InChI is InChI=1S/C19H24N2O6S/c1-13(19(22)20-14-6-8-15(25-2)9-7-14)21(28(5,23)24)17-12-16(26-3)10-11-18(17)27-4/h6-13H,1-5H3,(H,20,22)/t13-/m0/s1. The number of hydrogen-bond donors (Lipinski definition) is 1. The van der Waals surface area contributed by atoms with Gasteiger partial charge >= 0.3 is 0 Å². The van der Waals surface area contributed by atoms with Crippen LogP contribution in [0.5, 0.6) is 17.2 Å². The van der Waals surface area contributed by atoms with Crippen molar-refractivity contribution in [1.29, 1.82) is 0 Å². The number of carbonyl (C=O) groups is 1. The smallest absolute Gasteiger partial charge is 0.247 e. The molecule has 8 nitrogen and oxygen atoms in total. The highest BCUT2D eigenvalue weighted by molar-refractivity contribution is 7.92. The fourth-order valence-corrected chi connectivity index (χ4v) is 3.84. The van der Waals surface area contributed by atoms with Gasteiger partial charge in [-0.2, -0.15) is 0 Å². The second-order valence-electron chi connectivity index (χ2n) is 5.99. The third-order valence-corrected chi connectivity index (χ3v) is 5.30. The van der Waals surface area contributed by atoms with Crippen LogP contribution in [0, 0.1) is 0 Å². The van der Waals surface area contributed by atoms with Crippen molar-refractivity contribution in [2.45, 2.75) is 13.0 Å². The quantitative estimate of drug-likeness (QED) is 0.721. The molecule has 0 bridgehead atoms. The van der Waals surface area contributed by atoms with Gasteiger partial charge in [0.2, 0.25) is 15.9 Å². The summed E-state index contributed by atoms with van der Waals surface area (Å²) in [5.41, 5.74) is 0.727. The SMILES string of the molecule is COc1ccc(NC(=O)[C@H](C)N(c2cc(OC)ccc2OC)S(C)(=O)=O)cc1. The first kappa shape index (κ1) is 21.4. The maximum Gasteiger partial charge on any atom is 0.247 e. The molecule has 2 aromatic carbocycles. The fraction of sp³-hybridized carbons (Fsp3) is 0.316. The minimum absolute atomic E-state index is 0.210. The van der Waals surface area contributed by atoms with Gasteiger partial charge in [-0.05, 0) is 43.3 Å². The highest BCUT2D eigenvalue weighted by atomic mass is 32.2. The number of benzene rings is 2. The summed E-state index contributed by atoms with van der Waals surface area (Å²) in [5.74, 6) is 0.882. The van der Waals surface area contributed by atoms with Gasteiger partial charge in [-0.25, -0.2) is 8.42 Å². The molecule has 0 aromatic heterocycles. The predicted octanol–water partition coefficient (Wildman–Crippen LogP) is 2.51. The summed E-state index contributed by atoms with van der Waals surface area (Å²) in [7, 11) is 0.630. The van der Waals surface area contributed by atoms with Crippen molar-refractivity contribution in [3.63, 3.8) is 0 Å². The molecule has 2 rings (SSSR count). The van der Waals surface area contributed by atoms with Crippen LogP contribution in [0.1, 0.15) is 6.92 Å². The van der Waals surface area contributed by atoms with E-state index in [-0.39, 0.29) is 5.69 Å². The van der Waals surface area contributed by atoms with E-state index >= 15 is 0 Å². The van der Waals surface area contributed by atoms with Crippen LogP contribution in [-0.4, -0.2) is 48.0 Å². The summed E-state index contributed by atoms with van der Waals surface area (Å²) >= 11 is 0. The van der Waals surface area contributed by atoms with Crippen molar-refractivity contribution < 1.29 is 27.4 Å². The molecule has 9 heteroatoms. The van der Waals surface area contributed by atoms with E-state index < -0.39 is 22.0 Å². The van der Waals surface area contributed by atoms with Gasteiger partial charge in [0.1, 0.15) is 23.3 Å². The lowest BCUT2D eigenvalue weighted by Crippen LogP contribution is -2.45. The number of ether oxygens (including phenoxy) is 3. The summed E-state index contributed by atoms with van der Waals surface area (Å²) in [6.45, 7) is 1.50. The Balaban J connectivity index is 2.38. The van der Waals surface area contributed by atoms with Crippen LogP contribution in [0.4, 0.5) is 11.4 Å². The zero-order valence-electron chi connectivity index (χ0n) is 16.4. The van der Waals surface area contributed by atoms with Crippen LogP contribution in [0.15, 0.2) is 42.5 Å². The number of rotatable bonds is 8. The Hall–Kier alpha value is -2.94. The molecule has 0 aliphatic heterocycles. The molecule has 152 valence electrons. The molecule has 0 saturated carbocycles. The van der Waals surface area contributed by atoms with E-state index in [0.29, 0.717) is 22.9 Å². The predicted molar refractivity (Wildman–Crippen MR) is 108 cm³/mol. The minimum atomic E-state index is -3.81. The second kappa shape index (κ2) is 8.83. The third-order valence-electron chi connectivity index (χ3n) is 4.07. The van der Waals surface area contributed by atoms with Crippen molar-refractivity contribution in [3.8, 4) is 17.2 Å². The van der Waals surface area contributed by atoms with Crippen molar-refractivity contribution in [1.82, 2.24) is 0 Å². The molecule has 28 heavy (non-hydrogen) atoms. The monoisotopic (exact) mass is 408 g/mol. The number of carbonyl (C=O) groups excluding carboxylic acids is 1. The lowest BCUT2D eigenvalue weighted by Gasteiger charge is -2.29. The molecule has 1 amide bonds. The van der Waals surface area contributed by atoms with Gasteiger partial charge in [0.05, 0.1) is 33.3 Å². The molecule has 0 heterocycles. The molecular formula is C19H24N2O6S. The number of anilines is 2. The summed E-state index contributed by atoms with van der Waals surface area (Å²) in [6.07, 6.45) is 1.03. The number of nitrogens with zero attached hydrogens (tertiary/aromatic N) is 1. The van der Waals surface area contributed by atoms with Crippen LogP contribution in [0.3, 0.4) is 0 Å². The summed E-state index contributed by atoms with van der Waals surface area (Å²) in [4.78, 5) is 12.8.